The minimum Gasteiger partial charge on any atom is -0.0622 e. The summed E-state index contributed by atoms with van der Waals surface area (Å²) in [6.07, 6.45) is 0. The summed E-state index contributed by atoms with van der Waals surface area (Å²) >= 11 is 0. The summed E-state index contributed by atoms with van der Waals surface area (Å²) in [6.45, 7) is 0. The summed E-state index contributed by atoms with van der Waals surface area (Å²) in [5, 5.41) is 12.7. The topological polar surface area (TPSA) is 0 Å². The molecule has 0 amide bonds. The van der Waals surface area contributed by atoms with Crippen LogP contribution in [0.25, 0.3) is 98.4 Å². The Morgan fingerprint density at radius 3 is 1.08 bits per heavy atom. The predicted molar refractivity (Wildman–Crippen MR) is 268 cm³/mol. The molecule has 0 bridgehead atoms. The first-order chi connectivity index (χ1) is 31.3. The van der Waals surface area contributed by atoms with Crippen molar-refractivity contribution in [3.8, 4) is 44.5 Å². The van der Waals surface area contributed by atoms with Crippen LogP contribution in [0, 0.1) is 0 Å². The Hall–Kier alpha value is -8.06. The van der Waals surface area contributed by atoms with E-state index in [9.17, 15) is 0 Å². The molecular weight excluding hydrogens is 757 g/mol. The van der Waals surface area contributed by atoms with Crippen LogP contribution in [0.2, 0.25) is 0 Å². The summed E-state index contributed by atoms with van der Waals surface area (Å²) in [4.78, 5) is 0. The first kappa shape index (κ1) is 35.7. The molecule has 292 valence electrons. The lowest BCUT2D eigenvalue weighted by molar-refractivity contribution is 0.783. The number of rotatable bonds is 5. The van der Waals surface area contributed by atoms with Gasteiger partial charge in [0, 0.05) is 0 Å². The molecule has 13 rings (SSSR count). The highest BCUT2D eigenvalue weighted by Gasteiger charge is 2.49. The lowest BCUT2D eigenvalue weighted by Crippen LogP contribution is -2.29. The zero-order chi connectivity index (χ0) is 41.5. The van der Waals surface area contributed by atoms with E-state index in [4.69, 9.17) is 0 Å². The summed E-state index contributed by atoms with van der Waals surface area (Å²) in [6, 6.07) is 90.5. The van der Waals surface area contributed by atoms with Gasteiger partial charge in [0.1, 0.15) is 0 Å². The van der Waals surface area contributed by atoms with Crippen molar-refractivity contribution < 1.29 is 0 Å². The third kappa shape index (κ3) is 5.04. The van der Waals surface area contributed by atoms with Crippen LogP contribution in [0.5, 0.6) is 0 Å². The fraction of sp³-hybridized carbons (Fsp3) is 0.0159. The molecule has 1 aliphatic carbocycles. The van der Waals surface area contributed by atoms with Crippen LogP contribution in [0.4, 0.5) is 0 Å². The highest BCUT2D eigenvalue weighted by molar-refractivity contribution is 6.27. The summed E-state index contributed by atoms with van der Waals surface area (Å²) in [5.41, 5.74) is 14.7. The quantitative estimate of drug-likeness (QED) is 0.120. The molecule has 0 saturated heterocycles. The van der Waals surface area contributed by atoms with E-state index in [1.54, 1.807) is 0 Å². The molecule has 0 heterocycles. The highest BCUT2D eigenvalue weighted by Crippen LogP contribution is 2.63. The molecule has 0 heteroatoms. The molecule has 0 nitrogen and oxygen atoms in total. The fourth-order valence-electron chi connectivity index (χ4n) is 11.5. The maximum absolute atomic E-state index is 2.58. The van der Waals surface area contributed by atoms with Crippen LogP contribution in [0.3, 0.4) is 0 Å². The van der Waals surface area contributed by atoms with Crippen LogP contribution >= 0.6 is 0 Å². The maximum Gasteiger partial charge on any atom is 0.0725 e. The van der Waals surface area contributed by atoms with Gasteiger partial charge >= 0.3 is 0 Å². The van der Waals surface area contributed by atoms with Gasteiger partial charge in [-0.15, -0.1) is 0 Å². The van der Waals surface area contributed by atoms with Crippen LogP contribution in [-0.4, -0.2) is 0 Å². The van der Waals surface area contributed by atoms with Crippen molar-refractivity contribution >= 4 is 53.9 Å². The molecule has 0 fully saturated rings. The minimum atomic E-state index is -0.607. The van der Waals surface area contributed by atoms with E-state index in [1.807, 2.05) is 0 Å². The molecule has 0 unspecified atom stereocenters. The molecule has 12 aromatic carbocycles. The normalized spacial score (nSPS) is 12.9. The summed E-state index contributed by atoms with van der Waals surface area (Å²) in [5.74, 6) is 0. The molecule has 12 aromatic rings. The smallest absolute Gasteiger partial charge is 0.0622 e. The van der Waals surface area contributed by atoms with Crippen molar-refractivity contribution in [2.24, 2.45) is 0 Å². The van der Waals surface area contributed by atoms with Crippen molar-refractivity contribution in [1.82, 2.24) is 0 Å². The van der Waals surface area contributed by atoms with E-state index >= 15 is 0 Å². The molecule has 0 spiro atoms. The van der Waals surface area contributed by atoms with Crippen LogP contribution in [0.15, 0.2) is 243 Å². The Kier molecular flexibility index (Phi) is 7.92. The molecule has 0 N–H and O–H groups in total. The Labute approximate surface area is 367 Å². The maximum atomic E-state index is 2.58. The lowest BCUT2D eigenvalue weighted by Gasteiger charge is -2.36. The number of fused-ring (bicyclic) bond motifs is 12. The second-order valence-corrected chi connectivity index (χ2v) is 17.0. The van der Waals surface area contributed by atoms with Gasteiger partial charge in [0.05, 0.1) is 5.41 Å². The molecule has 0 atom stereocenters. The SMILES string of the molecule is c1ccc(-c2ccccc2-c2c3ccccc3c(-c3cc4c(c5ccccc35)C(c3ccccc3)(c3ccccc3)c3c-4c4ccccc4c4ccccc34)c3ccccc23)cc1. The van der Waals surface area contributed by atoms with Crippen molar-refractivity contribution in [1.29, 1.82) is 0 Å². The highest BCUT2D eigenvalue weighted by atomic mass is 14.5. The zero-order valence-corrected chi connectivity index (χ0v) is 34.6. The van der Waals surface area contributed by atoms with E-state index < -0.39 is 5.41 Å². The Balaban J connectivity index is 1.23. The zero-order valence-electron chi connectivity index (χ0n) is 34.6. The first-order valence-corrected chi connectivity index (χ1v) is 22.0. The van der Waals surface area contributed by atoms with Gasteiger partial charge in [0.25, 0.3) is 0 Å². The second kappa shape index (κ2) is 14.0. The van der Waals surface area contributed by atoms with E-state index in [0.717, 1.165) is 0 Å². The first-order valence-electron chi connectivity index (χ1n) is 22.0. The van der Waals surface area contributed by atoms with E-state index in [-0.39, 0.29) is 0 Å². The number of hydrogen-bond donors (Lipinski definition) is 0. The standard InChI is InChI=1S/C63H40/c1-4-22-41(23-5-1)44-28-10-14-32-48(44)58-50-34-16-18-36-52(50)59(53-37-19-17-35-51(53)58)56-40-57-60-49-33-15-11-29-45(49)46-30-12-21-39-55(46)62(60)63(42-24-6-2-7-25-42,43-26-8-3-9-27-43)61(57)54-38-20-13-31-47(54)56/h1-40H. The summed E-state index contributed by atoms with van der Waals surface area (Å²) < 4.78 is 0. The van der Waals surface area contributed by atoms with Crippen LogP contribution in [-0.2, 0) is 5.41 Å². The molecule has 63 heavy (non-hydrogen) atoms. The molecule has 1 aliphatic rings. The third-order valence-electron chi connectivity index (χ3n) is 13.9. The van der Waals surface area contributed by atoms with Gasteiger partial charge < -0.3 is 0 Å². The van der Waals surface area contributed by atoms with Gasteiger partial charge in [0.2, 0.25) is 0 Å². The second-order valence-electron chi connectivity index (χ2n) is 17.0. The summed E-state index contributed by atoms with van der Waals surface area (Å²) in [7, 11) is 0. The Morgan fingerprint density at radius 1 is 0.206 bits per heavy atom. The Morgan fingerprint density at radius 2 is 0.556 bits per heavy atom. The molecule has 0 radical (unpaired) electrons. The van der Waals surface area contributed by atoms with E-state index in [2.05, 4.69) is 243 Å². The van der Waals surface area contributed by atoms with Crippen molar-refractivity contribution in [3.05, 3.63) is 265 Å². The van der Waals surface area contributed by atoms with Gasteiger partial charge in [-0.1, -0.05) is 237 Å². The van der Waals surface area contributed by atoms with Gasteiger partial charge in [-0.2, -0.15) is 0 Å². The van der Waals surface area contributed by atoms with Gasteiger partial charge in [-0.25, -0.2) is 0 Å². The van der Waals surface area contributed by atoms with Crippen molar-refractivity contribution in [2.45, 2.75) is 5.41 Å². The number of benzene rings is 12. The van der Waals surface area contributed by atoms with Gasteiger partial charge in [0.15, 0.2) is 0 Å². The average Bonchev–Trinajstić information content (AvgIpc) is 3.69. The van der Waals surface area contributed by atoms with Crippen molar-refractivity contribution in [3.63, 3.8) is 0 Å². The molecule has 0 aliphatic heterocycles. The van der Waals surface area contributed by atoms with Gasteiger partial charge in [-0.3, -0.25) is 0 Å². The number of hydrogen-bond acceptors (Lipinski definition) is 0. The van der Waals surface area contributed by atoms with Crippen LogP contribution in [0.1, 0.15) is 22.3 Å². The molecule has 0 saturated carbocycles. The fourth-order valence-corrected chi connectivity index (χ4v) is 11.5. The third-order valence-corrected chi connectivity index (χ3v) is 13.9. The van der Waals surface area contributed by atoms with Gasteiger partial charge in [-0.05, 0) is 127 Å². The minimum absolute atomic E-state index is 0.607. The van der Waals surface area contributed by atoms with E-state index in [0.29, 0.717) is 0 Å². The van der Waals surface area contributed by atoms with E-state index in [1.165, 1.54) is 121 Å². The predicted octanol–water partition coefficient (Wildman–Crippen LogP) is 16.8. The Bertz CT molecular complexity index is 3670. The van der Waals surface area contributed by atoms with Crippen LogP contribution < -0.4 is 0 Å². The lowest BCUT2D eigenvalue weighted by atomic mass is 9.65. The van der Waals surface area contributed by atoms with Crippen molar-refractivity contribution in [2.75, 3.05) is 0 Å². The molecule has 0 aromatic heterocycles. The molecular formula is C63H40. The monoisotopic (exact) mass is 796 g/mol. The average molecular weight is 797 g/mol. The largest absolute Gasteiger partial charge is 0.0725 e.